The number of rotatable bonds is 80. The van der Waals surface area contributed by atoms with Crippen molar-refractivity contribution >= 4 is 39.5 Å². The molecule has 0 rings (SSSR count). The molecule has 0 aliphatic rings. The fraction of sp³-hybridized carbons (Fsp3) is 0.952. The topological polar surface area (TPSA) is 237 Å². The summed E-state index contributed by atoms with van der Waals surface area (Å²) >= 11 is 0. The summed E-state index contributed by atoms with van der Waals surface area (Å²) in [4.78, 5) is 73.0. The summed E-state index contributed by atoms with van der Waals surface area (Å²) in [5.41, 5.74) is 0. The highest BCUT2D eigenvalue weighted by molar-refractivity contribution is 7.47. The van der Waals surface area contributed by atoms with Crippen molar-refractivity contribution in [3.8, 4) is 0 Å². The van der Waals surface area contributed by atoms with Gasteiger partial charge in [0.1, 0.15) is 19.3 Å². The fourth-order valence-electron chi connectivity index (χ4n) is 12.8. The van der Waals surface area contributed by atoms with Gasteiger partial charge in [0, 0.05) is 25.7 Å². The average molecular weight is 1490 g/mol. The van der Waals surface area contributed by atoms with Crippen molar-refractivity contribution in [1.29, 1.82) is 0 Å². The van der Waals surface area contributed by atoms with Crippen LogP contribution < -0.4 is 0 Å². The molecular formula is C83H162O17P2. The minimum Gasteiger partial charge on any atom is -0.462 e. The number of hydrogen-bond acceptors (Lipinski definition) is 15. The Labute approximate surface area is 626 Å². The number of ether oxygens (including phenoxy) is 4. The number of hydrogen-bond donors (Lipinski definition) is 3. The van der Waals surface area contributed by atoms with Crippen LogP contribution in [-0.4, -0.2) is 96.7 Å². The van der Waals surface area contributed by atoms with E-state index in [0.717, 1.165) is 114 Å². The third-order valence-corrected chi connectivity index (χ3v) is 21.2. The maximum absolute atomic E-state index is 13.1. The van der Waals surface area contributed by atoms with E-state index < -0.39 is 97.5 Å². The van der Waals surface area contributed by atoms with Crippen molar-refractivity contribution in [2.24, 2.45) is 23.7 Å². The van der Waals surface area contributed by atoms with Gasteiger partial charge in [-0.2, -0.15) is 0 Å². The zero-order chi connectivity index (χ0) is 75.3. The van der Waals surface area contributed by atoms with Crippen LogP contribution in [-0.2, 0) is 65.4 Å². The number of esters is 4. The van der Waals surface area contributed by atoms with Gasteiger partial charge in [-0.15, -0.1) is 0 Å². The Balaban J connectivity index is 5.18. The van der Waals surface area contributed by atoms with E-state index in [2.05, 4.69) is 55.4 Å². The zero-order valence-electron chi connectivity index (χ0n) is 67.2. The second kappa shape index (κ2) is 72.0. The average Bonchev–Trinajstić information content (AvgIpc) is 0.908. The summed E-state index contributed by atoms with van der Waals surface area (Å²) in [6.45, 7) is 14.2. The summed E-state index contributed by atoms with van der Waals surface area (Å²) in [5, 5.41) is 10.6. The molecule has 0 spiro atoms. The molecule has 0 aliphatic heterocycles. The van der Waals surface area contributed by atoms with Crippen LogP contribution in [0.1, 0.15) is 428 Å². The minimum absolute atomic E-state index is 0.107. The Kier molecular flexibility index (Phi) is 70.6. The van der Waals surface area contributed by atoms with E-state index in [1.54, 1.807) is 0 Å². The van der Waals surface area contributed by atoms with Gasteiger partial charge < -0.3 is 33.8 Å². The first-order chi connectivity index (χ1) is 49.1. The third-order valence-electron chi connectivity index (χ3n) is 19.3. The largest absolute Gasteiger partial charge is 0.472 e. The molecule has 19 heteroatoms. The molecule has 102 heavy (non-hydrogen) atoms. The second-order valence-electron chi connectivity index (χ2n) is 31.8. The maximum Gasteiger partial charge on any atom is 0.472 e. The van der Waals surface area contributed by atoms with Gasteiger partial charge in [-0.05, 0) is 49.4 Å². The lowest BCUT2D eigenvalue weighted by atomic mass is 10.0. The SMILES string of the molecule is CC(C)CCCCCCCCCCCCCCCCCCCCC(=O)O[C@H](COC(=O)CCCCCCCCC(C)C)COP(=O)(O)OCC(O)COP(=O)(O)OC[C@@H](COC(=O)CCCCCCCCCCCCC(C)C)OC(=O)CCCCCCCCCCCCCCCCCCC(C)C. The Bertz CT molecular complexity index is 1990. The first-order valence-corrected chi connectivity index (χ1v) is 45.7. The van der Waals surface area contributed by atoms with E-state index in [9.17, 15) is 43.2 Å². The molecule has 5 atom stereocenters. The number of aliphatic hydroxyl groups is 1. The van der Waals surface area contributed by atoms with Crippen LogP contribution >= 0.6 is 15.6 Å². The van der Waals surface area contributed by atoms with Crippen molar-refractivity contribution in [1.82, 2.24) is 0 Å². The molecule has 0 saturated heterocycles. The summed E-state index contributed by atoms with van der Waals surface area (Å²) in [6.07, 6.45) is 59.9. The van der Waals surface area contributed by atoms with Gasteiger partial charge in [-0.25, -0.2) is 9.13 Å². The molecule has 0 radical (unpaired) electrons. The van der Waals surface area contributed by atoms with Crippen molar-refractivity contribution in [3.05, 3.63) is 0 Å². The summed E-state index contributed by atoms with van der Waals surface area (Å²) in [5.74, 6) is 0.953. The summed E-state index contributed by atoms with van der Waals surface area (Å²) in [7, 11) is -9.92. The van der Waals surface area contributed by atoms with Crippen LogP contribution in [0.3, 0.4) is 0 Å². The van der Waals surface area contributed by atoms with Crippen LogP contribution in [0, 0.1) is 23.7 Å². The van der Waals surface area contributed by atoms with E-state index in [1.807, 2.05) is 0 Å². The molecule has 3 N–H and O–H groups in total. The molecule has 0 amide bonds. The number of unbranched alkanes of at least 4 members (excludes halogenated alkanes) is 46. The molecule has 0 heterocycles. The highest BCUT2D eigenvalue weighted by atomic mass is 31.2. The first kappa shape index (κ1) is 100. The molecule has 0 aromatic rings. The number of aliphatic hydroxyl groups excluding tert-OH is 1. The lowest BCUT2D eigenvalue weighted by Crippen LogP contribution is -2.30. The number of carbonyl (C=O) groups is 4. The van der Waals surface area contributed by atoms with E-state index >= 15 is 0 Å². The normalized spacial score (nSPS) is 14.0. The predicted molar refractivity (Wildman–Crippen MR) is 418 cm³/mol. The van der Waals surface area contributed by atoms with Gasteiger partial charge >= 0.3 is 39.5 Å². The van der Waals surface area contributed by atoms with E-state index in [0.29, 0.717) is 31.6 Å². The third kappa shape index (κ3) is 76.3. The number of phosphoric ester groups is 2. The summed E-state index contributed by atoms with van der Waals surface area (Å²) < 4.78 is 68.7. The molecule has 0 fully saturated rings. The molecular weight excluding hydrogens is 1330 g/mol. The Hall–Kier alpha value is -1.94. The molecule has 0 aromatic carbocycles. The molecule has 3 unspecified atom stereocenters. The molecule has 17 nitrogen and oxygen atoms in total. The Morgan fingerprint density at radius 2 is 0.412 bits per heavy atom. The van der Waals surface area contributed by atoms with Gasteiger partial charge in [0.25, 0.3) is 0 Å². The fourth-order valence-corrected chi connectivity index (χ4v) is 14.4. The second-order valence-corrected chi connectivity index (χ2v) is 34.7. The zero-order valence-corrected chi connectivity index (χ0v) is 69.0. The van der Waals surface area contributed by atoms with Gasteiger partial charge in [-0.1, -0.05) is 376 Å². The predicted octanol–water partition coefficient (Wildman–Crippen LogP) is 24.8. The van der Waals surface area contributed by atoms with Gasteiger partial charge in [-0.3, -0.25) is 37.3 Å². The van der Waals surface area contributed by atoms with E-state index in [1.165, 1.54) is 225 Å². The quantitative estimate of drug-likeness (QED) is 0.0222. The monoisotopic (exact) mass is 1490 g/mol. The molecule has 0 bridgehead atoms. The van der Waals surface area contributed by atoms with Crippen LogP contribution in [0.25, 0.3) is 0 Å². The lowest BCUT2D eigenvalue weighted by Gasteiger charge is -2.21. The van der Waals surface area contributed by atoms with Crippen LogP contribution in [0.15, 0.2) is 0 Å². The smallest absolute Gasteiger partial charge is 0.462 e. The lowest BCUT2D eigenvalue weighted by molar-refractivity contribution is -0.161. The van der Waals surface area contributed by atoms with Crippen LogP contribution in [0.4, 0.5) is 0 Å². The first-order valence-electron chi connectivity index (χ1n) is 42.7. The number of phosphoric acid groups is 2. The minimum atomic E-state index is -4.96. The van der Waals surface area contributed by atoms with Crippen molar-refractivity contribution < 1.29 is 80.2 Å². The highest BCUT2D eigenvalue weighted by Crippen LogP contribution is 2.45. The van der Waals surface area contributed by atoms with Crippen molar-refractivity contribution in [2.75, 3.05) is 39.6 Å². The van der Waals surface area contributed by atoms with Crippen molar-refractivity contribution in [2.45, 2.75) is 446 Å². The van der Waals surface area contributed by atoms with E-state index in [-0.39, 0.29) is 25.7 Å². The molecule has 606 valence electrons. The van der Waals surface area contributed by atoms with E-state index in [4.69, 9.17) is 37.0 Å². The van der Waals surface area contributed by atoms with Gasteiger partial charge in [0.05, 0.1) is 26.4 Å². The summed E-state index contributed by atoms with van der Waals surface area (Å²) in [6, 6.07) is 0. The van der Waals surface area contributed by atoms with Gasteiger partial charge in [0.2, 0.25) is 0 Å². The van der Waals surface area contributed by atoms with Crippen LogP contribution in [0.2, 0.25) is 0 Å². The molecule has 0 aromatic heterocycles. The molecule has 0 aliphatic carbocycles. The van der Waals surface area contributed by atoms with Crippen molar-refractivity contribution in [3.63, 3.8) is 0 Å². The Morgan fingerprint density at radius 1 is 0.245 bits per heavy atom. The number of carbonyl (C=O) groups excluding carboxylic acids is 4. The maximum atomic E-state index is 13.1. The van der Waals surface area contributed by atoms with Gasteiger partial charge in [0.15, 0.2) is 12.2 Å². The standard InChI is InChI=1S/C83H162O17P2/c1-73(2)59-51-43-35-29-23-19-15-11-9-10-12-17-21-25-33-39-49-58-66-83(88)100-79(70-94-81(86)64-56-48-42-41-46-54-62-76(7)8)72-98-102(91,92)96-68-77(84)67-95-101(89,90)97-71-78(69-93-80(85)63-55-47-38-32-28-27-31-37-45-53-61-75(5)6)99-82(87)65-57-50-40-34-26-22-18-14-13-16-20-24-30-36-44-52-60-74(3)4/h73-79,84H,9-72H2,1-8H3,(H,89,90)(H,91,92)/t77?,78-,79-/m1/s1. The molecule has 0 saturated carbocycles. The van der Waals surface area contributed by atoms with Crippen LogP contribution in [0.5, 0.6) is 0 Å². The Morgan fingerprint density at radius 3 is 0.608 bits per heavy atom. The highest BCUT2D eigenvalue weighted by Gasteiger charge is 2.30.